The van der Waals surface area contributed by atoms with E-state index in [0.717, 1.165) is 16.9 Å². The van der Waals surface area contributed by atoms with Crippen LogP contribution < -0.4 is 0 Å². The molecular formula is C14H14N2S. The minimum atomic E-state index is 0.979. The van der Waals surface area contributed by atoms with E-state index in [4.69, 9.17) is 0 Å². The molecule has 1 N–H and O–H groups in total. The fourth-order valence-corrected chi connectivity index (χ4v) is 2.91. The highest BCUT2D eigenvalue weighted by Crippen LogP contribution is 2.30. The molecule has 0 saturated heterocycles. The summed E-state index contributed by atoms with van der Waals surface area (Å²) in [7, 11) is 0. The predicted molar refractivity (Wildman–Crippen MR) is 73.6 cm³/mol. The van der Waals surface area contributed by atoms with Crippen molar-refractivity contribution in [2.45, 2.75) is 20.8 Å². The van der Waals surface area contributed by atoms with Crippen molar-refractivity contribution in [2.24, 2.45) is 0 Å². The lowest BCUT2D eigenvalue weighted by Crippen LogP contribution is -1.73. The molecule has 0 amide bonds. The van der Waals surface area contributed by atoms with Gasteiger partial charge in [-0.15, -0.1) is 11.3 Å². The summed E-state index contributed by atoms with van der Waals surface area (Å²) in [5, 5.41) is 0. The lowest BCUT2D eigenvalue weighted by molar-refractivity contribution is 1.35. The molecule has 86 valence electrons. The number of thiophene rings is 1. The second-order valence-electron chi connectivity index (χ2n) is 4.46. The summed E-state index contributed by atoms with van der Waals surface area (Å²) in [6.07, 6.45) is 0. The van der Waals surface area contributed by atoms with Crippen molar-refractivity contribution < 1.29 is 0 Å². The van der Waals surface area contributed by atoms with Crippen molar-refractivity contribution in [3.05, 3.63) is 40.3 Å². The van der Waals surface area contributed by atoms with Crippen LogP contribution in [0.3, 0.4) is 0 Å². The third-order valence-electron chi connectivity index (χ3n) is 3.04. The van der Waals surface area contributed by atoms with Gasteiger partial charge >= 0.3 is 0 Å². The molecule has 3 heteroatoms. The summed E-state index contributed by atoms with van der Waals surface area (Å²) in [6, 6.07) is 8.50. The van der Waals surface area contributed by atoms with E-state index in [9.17, 15) is 0 Å². The van der Waals surface area contributed by atoms with Crippen LogP contribution in [0.1, 0.15) is 16.0 Å². The summed E-state index contributed by atoms with van der Waals surface area (Å²) < 4.78 is 0. The lowest BCUT2D eigenvalue weighted by atomic mass is 10.2. The molecule has 0 saturated carbocycles. The first kappa shape index (κ1) is 10.5. The van der Waals surface area contributed by atoms with Crippen molar-refractivity contribution in [3.63, 3.8) is 0 Å². The molecule has 0 atom stereocenters. The van der Waals surface area contributed by atoms with Crippen LogP contribution in [0.5, 0.6) is 0 Å². The zero-order valence-electron chi connectivity index (χ0n) is 10.2. The zero-order valence-corrected chi connectivity index (χ0v) is 11.0. The largest absolute Gasteiger partial charge is 0.337 e. The molecule has 0 unspecified atom stereocenters. The van der Waals surface area contributed by atoms with Gasteiger partial charge in [0.25, 0.3) is 0 Å². The molecule has 0 radical (unpaired) electrons. The number of hydrogen-bond acceptors (Lipinski definition) is 2. The number of rotatable bonds is 1. The van der Waals surface area contributed by atoms with Crippen molar-refractivity contribution >= 4 is 22.4 Å². The second kappa shape index (κ2) is 3.70. The first-order valence-electron chi connectivity index (χ1n) is 5.67. The zero-order chi connectivity index (χ0) is 12.0. The molecule has 2 aromatic heterocycles. The van der Waals surface area contributed by atoms with Gasteiger partial charge in [0, 0.05) is 4.88 Å². The van der Waals surface area contributed by atoms with E-state index in [1.165, 1.54) is 20.9 Å². The standard InChI is InChI=1S/C14H14N2S/c1-8-4-5-11-12(6-8)16-14(15-11)13-7-9(2)10(3)17-13/h4-7H,1-3H3,(H,15,16). The van der Waals surface area contributed by atoms with E-state index in [2.05, 4.69) is 55.0 Å². The third-order valence-corrected chi connectivity index (χ3v) is 4.20. The van der Waals surface area contributed by atoms with Gasteiger partial charge in [-0.3, -0.25) is 0 Å². The Balaban J connectivity index is 2.17. The second-order valence-corrected chi connectivity index (χ2v) is 5.71. The van der Waals surface area contributed by atoms with E-state index in [1.807, 2.05) is 0 Å². The number of aromatic nitrogens is 2. The summed E-state index contributed by atoms with van der Waals surface area (Å²) in [5.41, 5.74) is 4.74. The highest BCUT2D eigenvalue weighted by Gasteiger charge is 2.09. The fourth-order valence-electron chi connectivity index (χ4n) is 1.93. The van der Waals surface area contributed by atoms with Gasteiger partial charge in [0.15, 0.2) is 0 Å². The minimum Gasteiger partial charge on any atom is -0.337 e. The Hall–Kier alpha value is -1.61. The van der Waals surface area contributed by atoms with Gasteiger partial charge < -0.3 is 4.98 Å². The van der Waals surface area contributed by atoms with Gasteiger partial charge in [0.05, 0.1) is 15.9 Å². The van der Waals surface area contributed by atoms with Crippen LogP contribution in [0.4, 0.5) is 0 Å². The van der Waals surface area contributed by atoms with Gasteiger partial charge in [0.2, 0.25) is 0 Å². The molecule has 0 aliphatic heterocycles. The molecule has 3 aromatic rings. The van der Waals surface area contributed by atoms with E-state index >= 15 is 0 Å². The summed E-state index contributed by atoms with van der Waals surface area (Å²) in [4.78, 5) is 10.6. The van der Waals surface area contributed by atoms with Crippen LogP contribution in [-0.4, -0.2) is 9.97 Å². The Kier molecular flexibility index (Phi) is 2.30. The molecule has 3 rings (SSSR count). The highest BCUT2D eigenvalue weighted by atomic mass is 32.1. The number of benzene rings is 1. The number of nitrogens with zero attached hydrogens (tertiary/aromatic N) is 1. The number of imidazole rings is 1. The van der Waals surface area contributed by atoms with Gasteiger partial charge in [-0.25, -0.2) is 4.98 Å². The molecule has 2 heterocycles. The van der Waals surface area contributed by atoms with Crippen LogP contribution in [-0.2, 0) is 0 Å². The quantitative estimate of drug-likeness (QED) is 0.680. The van der Waals surface area contributed by atoms with Crippen molar-refractivity contribution in [2.75, 3.05) is 0 Å². The summed E-state index contributed by atoms with van der Waals surface area (Å²) in [6.45, 7) is 6.39. The first-order valence-corrected chi connectivity index (χ1v) is 6.49. The van der Waals surface area contributed by atoms with Crippen LogP contribution in [0.25, 0.3) is 21.7 Å². The fraction of sp³-hybridized carbons (Fsp3) is 0.214. The van der Waals surface area contributed by atoms with Gasteiger partial charge in [-0.2, -0.15) is 0 Å². The Bertz CT molecular complexity index is 672. The molecule has 1 aromatic carbocycles. The van der Waals surface area contributed by atoms with E-state index in [1.54, 1.807) is 11.3 Å². The van der Waals surface area contributed by atoms with Crippen molar-refractivity contribution in [1.82, 2.24) is 9.97 Å². The molecule has 0 aliphatic carbocycles. The van der Waals surface area contributed by atoms with Crippen LogP contribution >= 0.6 is 11.3 Å². The Labute approximate surface area is 104 Å². The van der Waals surface area contributed by atoms with Gasteiger partial charge in [0.1, 0.15) is 5.82 Å². The average molecular weight is 242 g/mol. The number of H-pyrrole nitrogens is 1. The van der Waals surface area contributed by atoms with Crippen molar-refractivity contribution in [1.29, 1.82) is 0 Å². The Morgan fingerprint density at radius 1 is 1.12 bits per heavy atom. The number of aryl methyl sites for hydroxylation is 3. The van der Waals surface area contributed by atoms with Crippen molar-refractivity contribution in [3.8, 4) is 10.7 Å². The van der Waals surface area contributed by atoms with Gasteiger partial charge in [-0.1, -0.05) is 6.07 Å². The summed E-state index contributed by atoms with van der Waals surface area (Å²) >= 11 is 1.79. The third kappa shape index (κ3) is 1.76. The number of aromatic amines is 1. The smallest absolute Gasteiger partial charge is 0.148 e. The van der Waals surface area contributed by atoms with Crippen LogP contribution in [0.15, 0.2) is 24.3 Å². The maximum absolute atomic E-state index is 4.63. The molecule has 2 nitrogen and oxygen atoms in total. The molecule has 0 aliphatic rings. The Morgan fingerprint density at radius 3 is 2.65 bits per heavy atom. The lowest BCUT2D eigenvalue weighted by Gasteiger charge is -1.89. The van der Waals surface area contributed by atoms with Gasteiger partial charge in [-0.05, 0) is 50.1 Å². The molecule has 0 fully saturated rings. The van der Waals surface area contributed by atoms with Crippen LogP contribution in [0.2, 0.25) is 0 Å². The van der Waals surface area contributed by atoms with E-state index in [-0.39, 0.29) is 0 Å². The number of hydrogen-bond donors (Lipinski definition) is 1. The maximum atomic E-state index is 4.63. The summed E-state index contributed by atoms with van der Waals surface area (Å²) in [5.74, 6) is 0.979. The Morgan fingerprint density at radius 2 is 1.94 bits per heavy atom. The maximum Gasteiger partial charge on any atom is 0.148 e. The minimum absolute atomic E-state index is 0.979. The number of nitrogens with one attached hydrogen (secondary N) is 1. The normalized spacial score (nSPS) is 11.2. The van der Waals surface area contributed by atoms with Crippen LogP contribution in [0, 0.1) is 20.8 Å². The molecule has 0 bridgehead atoms. The van der Waals surface area contributed by atoms with E-state index < -0.39 is 0 Å². The van der Waals surface area contributed by atoms with E-state index in [0.29, 0.717) is 0 Å². The average Bonchev–Trinajstić information content (AvgIpc) is 2.83. The topological polar surface area (TPSA) is 28.7 Å². The SMILES string of the molecule is Cc1ccc2nc(-c3cc(C)c(C)s3)[nH]c2c1. The first-order chi connectivity index (χ1) is 8.13. The highest BCUT2D eigenvalue weighted by molar-refractivity contribution is 7.15. The molecule has 17 heavy (non-hydrogen) atoms. The monoisotopic (exact) mass is 242 g/mol. The molecule has 0 spiro atoms. The predicted octanol–water partition coefficient (Wildman–Crippen LogP) is 4.22. The number of fused-ring (bicyclic) bond motifs is 1. The molecular weight excluding hydrogens is 228 g/mol.